The van der Waals surface area contributed by atoms with Gasteiger partial charge in [-0.25, -0.2) is 24.0 Å². The topological polar surface area (TPSA) is 348 Å². The lowest BCUT2D eigenvalue weighted by molar-refractivity contribution is -0.319. The van der Waals surface area contributed by atoms with Gasteiger partial charge in [-0.05, 0) is 146 Å². The molecule has 2 heterocycles. The predicted octanol–water partition coefficient (Wildman–Crippen LogP) is 6.45. The van der Waals surface area contributed by atoms with Crippen LogP contribution in [-0.4, -0.2) is 190 Å². The van der Waals surface area contributed by atoms with E-state index in [2.05, 4.69) is 31.9 Å². The zero-order chi connectivity index (χ0) is 68.1. The Bertz CT molecular complexity index is 2780. The van der Waals surface area contributed by atoms with E-state index >= 15 is 0 Å². The molecule has 2 aliphatic heterocycles. The highest BCUT2D eigenvalue weighted by Gasteiger charge is 2.54. The van der Waals surface area contributed by atoms with Gasteiger partial charge in [0.05, 0.1) is 36.9 Å². The van der Waals surface area contributed by atoms with Crippen molar-refractivity contribution in [3.63, 3.8) is 0 Å². The first kappa shape index (κ1) is 74.2. The molecule has 26 heteroatoms. The molecule has 2 saturated heterocycles. The number of benzene rings is 3. The van der Waals surface area contributed by atoms with E-state index in [1.165, 1.54) is 0 Å². The summed E-state index contributed by atoms with van der Waals surface area (Å²) in [6.45, 7) is 24.0. The first-order valence-corrected chi connectivity index (χ1v) is 31.2. The molecular weight excluding hydrogens is 1200 g/mol. The monoisotopic (exact) mass is 1290 g/mol. The van der Waals surface area contributed by atoms with Gasteiger partial charge in [0, 0.05) is 13.1 Å². The van der Waals surface area contributed by atoms with E-state index in [1.807, 2.05) is 91.0 Å². The van der Waals surface area contributed by atoms with Crippen LogP contribution in [0.15, 0.2) is 91.0 Å². The maximum Gasteiger partial charge on any atom is 0.408 e. The molecule has 0 radical (unpaired) electrons. The number of carbonyl (C=O) groups is 6. The zero-order valence-corrected chi connectivity index (χ0v) is 55.5. The van der Waals surface area contributed by atoms with Gasteiger partial charge in [-0.2, -0.15) is 0 Å². The van der Waals surface area contributed by atoms with Crippen LogP contribution in [0.25, 0.3) is 0 Å². The SMILES string of the molecule is CC(C)(C)OC(=O)NCC[C@H](O)C(=O)N[C@@H]1CC(NC(=O)OC(C)(C)C)C(O[C@H]2OC(CNC(=O)OC(C)(C)C)CCC2NC(=O)OC(C)(C)C)C(O)[C@H]1O[C@H]1OC(COC(c2ccccc2)(c2ccccc2)c2ccccc2)[C@@H](O)[C@H](NC(=O)OC(C)(C)C)C1O. The lowest BCUT2D eigenvalue weighted by Gasteiger charge is -2.50. The normalized spacial score (nSPS) is 26.0. The average Bonchev–Trinajstić information content (AvgIpc) is 0.838. The van der Waals surface area contributed by atoms with Gasteiger partial charge in [-0.3, -0.25) is 4.79 Å². The summed E-state index contributed by atoms with van der Waals surface area (Å²) in [7, 11) is 0. The van der Waals surface area contributed by atoms with Crippen molar-refractivity contribution in [2.24, 2.45) is 0 Å². The number of aliphatic hydroxyl groups is 4. The summed E-state index contributed by atoms with van der Waals surface area (Å²) in [6, 6.07) is 22.4. The smallest absolute Gasteiger partial charge is 0.408 e. The fourth-order valence-corrected chi connectivity index (χ4v) is 10.7. The number of amides is 6. The Morgan fingerprint density at radius 3 is 1.37 bits per heavy atom. The molecule has 1 saturated carbocycles. The first-order valence-electron chi connectivity index (χ1n) is 31.2. The predicted molar refractivity (Wildman–Crippen MR) is 335 cm³/mol. The maximum atomic E-state index is 14.3. The van der Waals surface area contributed by atoms with E-state index in [0.29, 0.717) is 16.7 Å². The summed E-state index contributed by atoms with van der Waals surface area (Å²) in [4.78, 5) is 81.1. The third-order valence-electron chi connectivity index (χ3n) is 14.4. The summed E-state index contributed by atoms with van der Waals surface area (Å²) in [5, 5.41) is 65.6. The standard InChI is InChI=1S/C66H98N6O20/c1-61(2,3)88-56(78)67-34-33-45(73)53(77)69-43-35-44(71-59(81)91-64(10,11)12)52(86-54-42(70-58(80)90-63(7,8)9)32-31-41(84-54)36-68-57(79)89-62(4,5)6)50(76)51(43)87-55-49(75)47(72-60(82)92-65(13,14)15)48(74)46(85-55)37-83-66(38-25-19-16-20-26-38,39-27-21-17-22-28-39)40-29-23-18-24-30-40/h16-30,41-52,54-55,73-76H,31-37H2,1-15H3,(H,67,78)(H,68,79)(H,69,77)(H,70,80)(H,71,81)(H,72,82)/t41?,42?,43-,44?,45+,46?,47+,48-,49?,50?,51+,52?,54-,55-/m1/s1. The highest BCUT2D eigenvalue weighted by Crippen LogP contribution is 2.42. The number of ether oxygens (including phenoxy) is 10. The van der Waals surface area contributed by atoms with Crippen LogP contribution in [0.4, 0.5) is 24.0 Å². The van der Waals surface area contributed by atoms with E-state index < -0.39 is 169 Å². The van der Waals surface area contributed by atoms with Gasteiger partial charge < -0.3 is 99.7 Å². The second-order valence-electron chi connectivity index (χ2n) is 28.2. The number of rotatable bonds is 20. The Hall–Kier alpha value is -6.88. The van der Waals surface area contributed by atoms with E-state index in [9.17, 15) is 49.2 Å². The third kappa shape index (κ3) is 22.4. The van der Waals surface area contributed by atoms with Gasteiger partial charge in [-0.15, -0.1) is 0 Å². The van der Waals surface area contributed by atoms with Gasteiger partial charge in [0.2, 0.25) is 5.91 Å². The zero-order valence-electron chi connectivity index (χ0n) is 55.5. The molecule has 3 aliphatic rings. The van der Waals surface area contributed by atoms with Crippen molar-refractivity contribution >= 4 is 36.4 Å². The van der Waals surface area contributed by atoms with Crippen molar-refractivity contribution in [2.45, 2.75) is 249 Å². The Morgan fingerprint density at radius 1 is 0.489 bits per heavy atom. The first-order chi connectivity index (χ1) is 42.8. The molecule has 0 aromatic heterocycles. The average molecular weight is 1300 g/mol. The summed E-state index contributed by atoms with van der Waals surface area (Å²) >= 11 is 0. The van der Waals surface area contributed by atoms with Crippen LogP contribution in [-0.2, 0) is 57.8 Å². The summed E-state index contributed by atoms with van der Waals surface area (Å²) in [5.74, 6) is -1.04. The van der Waals surface area contributed by atoms with Gasteiger partial charge >= 0.3 is 30.5 Å². The summed E-state index contributed by atoms with van der Waals surface area (Å²) < 4.78 is 61.4. The summed E-state index contributed by atoms with van der Waals surface area (Å²) in [6.07, 6.45) is -21.7. The summed E-state index contributed by atoms with van der Waals surface area (Å²) in [5.41, 5.74) is -4.12. The number of aliphatic hydroxyl groups excluding tert-OH is 4. The number of hydrogen-bond donors (Lipinski definition) is 10. The Morgan fingerprint density at radius 2 is 0.902 bits per heavy atom. The Balaban J connectivity index is 1.45. The van der Waals surface area contributed by atoms with Crippen LogP contribution in [0, 0.1) is 0 Å². The molecule has 92 heavy (non-hydrogen) atoms. The second kappa shape index (κ2) is 31.4. The van der Waals surface area contributed by atoms with Crippen LogP contribution in [0.5, 0.6) is 0 Å². The van der Waals surface area contributed by atoms with Crippen LogP contribution < -0.4 is 31.9 Å². The molecule has 6 rings (SSSR count). The molecular formula is C66H98N6O20. The lowest BCUT2D eigenvalue weighted by Crippen LogP contribution is -2.70. The fourth-order valence-electron chi connectivity index (χ4n) is 10.7. The number of nitrogens with one attached hydrogen (secondary N) is 6. The largest absolute Gasteiger partial charge is 0.444 e. The molecule has 26 nitrogen and oxygen atoms in total. The highest BCUT2D eigenvalue weighted by atomic mass is 16.7. The molecule has 0 spiro atoms. The molecule has 3 aromatic carbocycles. The van der Waals surface area contributed by atoms with Crippen molar-refractivity contribution in [1.29, 1.82) is 0 Å². The molecule has 7 unspecified atom stereocenters. The molecule has 1 aliphatic carbocycles. The van der Waals surface area contributed by atoms with Crippen molar-refractivity contribution in [1.82, 2.24) is 31.9 Å². The molecule has 3 fully saturated rings. The minimum atomic E-state index is -2.04. The Labute approximate surface area is 539 Å². The molecule has 6 amide bonds. The molecule has 10 N–H and O–H groups in total. The maximum absolute atomic E-state index is 14.3. The van der Waals surface area contributed by atoms with E-state index in [1.54, 1.807) is 104 Å². The number of carbonyl (C=O) groups excluding carboxylic acids is 6. The van der Waals surface area contributed by atoms with Crippen LogP contribution in [0.2, 0.25) is 0 Å². The third-order valence-corrected chi connectivity index (χ3v) is 14.4. The van der Waals surface area contributed by atoms with Crippen LogP contribution in [0.3, 0.4) is 0 Å². The van der Waals surface area contributed by atoms with Gasteiger partial charge in [0.1, 0.15) is 76.3 Å². The van der Waals surface area contributed by atoms with E-state index in [-0.39, 0.29) is 32.4 Å². The molecule has 0 bridgehead atoms. The molecule has 512 valence electrons. The fraction of sp³-hybridized carbons (Fsp3) is 0.636. The number of hydrogen-bond acceptors (Lipinski definition) is 20. The van der Waals surface area contributed by atoms with Gasteiger partial charge in [-0.1, -0.05) is 91.0 Å². The van der Waals surface area contributed by atoms with Gasteiger partial charge in [0.25, 0.3) is 0 Å². The highest BCUT2D eigenvalue weighted by molar-refractivity contribution is 5.81. The van der Waals surface area contributed by atoms with Crippen LogP contribution >= 0.6 is 0 Å². The van der Waals surface area contributed by atoms with E-state index in [4.69, 9.17) is 47.4 Å². The van der Waals surface area contributed by atoms with Crippen molar-refractivity contribution in [3.8, 4) is 0 Å². The molecule has 3 aromatic rings. The van der Waals surface area contributed by atoms with Crippen molar-refractivity contribution < 1.29 is 96.6 Å². The minimum absolute atomic E-state index is 0.106. The Kier molecular flexibility index (Phi) is 25.3. The van der Waals surface area contributed by atoms with Crippen molar-refractivity contribution in [3.05, 3.63) is 108 Å². The minimum Gasteiger partial charge on any atom is -0.444 e. The lowest BCUT2D eigenvalue weighted by atomic mass is 9.80. The quantitative estimate of drug-likeness (QED) is 0.0429. The second-order valence-corrected chi connectivity index (χ2v) is 28.2. The van der Waals surface area contributed by atoms with Gasteiger partial charge in [0.15, 0.2) is 12.6 Å². The van der Waals surface area contributed by atoms with E-state index in [0.717, 1.165) is 0 Å². The van der Waals surface area contributed by atoms with Crippen LogP contribution in [0.1, 0.15) is 146 Å². The van der Waals surface area contributed by atoms with Crippen molar-refractivity contribution in [2.75, 3.05) is 19.7 Å². The molecule has 14 atom stereocenters. The number of alkyl carbamates (subject to hydrolysis) is 5.